The lowest BCUT2D eigenvalue weighted by Gasteiger charge is -2.27. The Kier molecular flexibility index (Phi) is 7.04. The number of aromatic nitrogens is 2. The number of hydrogen-bond donors (Lipinski definition) is 0. The quantitative estimate of drug-likeness (QED) is 0.390. The van der Waals surface area contributed by atoms with E-state index in [9.17, 15) is 13.6 Å². The molecule has 31 heavy (non-hydrogen) atoms. The first-order valence-electron chi connectivity index (χ1n) is 9.24. The number of rotatable bonds is 8. The van der Waals surface area contributed by atoms with Crippen molar-refractivity contribution < 1.29 is 23.1 Å². The van der Waals surface area contributed by atoms with Crippen LogP contribution in [0.3, 0.4) is 0 Å². The number of nitrogens with zero attached hydrogens (tertiary/aromatic N) is 3. The molecular formula is C22H20ClF2N3O3. The van der Waals surface area contributed by atoms with Gasteiger partial charge in [0.25, 0.3) is 12.3 Å². The van der Waals surface area contributed by atoms with Crippen LogP contribution in [0, 0.1) is 0 Å². The van der Waals surface area contributed by atoms with E-state index in [1.165, 1.54) is 19.5 Å². The van der Waals surface area contributed by atoms with Gasteiger partial charge in [0.15, 0.2) is 0 Å². The molecule has 3 aromatic rings. The molecule has 1 heterocycles. The fourth-order valence-corrected chi connectivity index (χ4v) is 3.08. The summed E-state index contributed by atoms with van der Waals surface area (Å²) in [4.78, 5) is 18.2. The van der Waals surface area contributed by atoms with Crippen LogP contribution in [-0.4, -0.2) is 27.9 Å². The topological polar surface area (TPSA) is 56.6 Å². The van der Waals surface area contributed by atoms with Crippen LogP contribution in [-0.2, 0) is 4.84 Å². The van der Waals surface area contributed by atoms with Gasteiger partial charge in [-0.1, -0.05) is 30.3 Å². The highest BCUT2D eigenvalue weighted by Crippen LogP contribution is 2.29. The Morgan fingerprint density at radius 2 is 1.74 bits per heavy atom. The van der Waals surface area contributed by atoms with Crippen molar-refractivity contribution in [2.75, 3.05) is 7.11 Å². The van der Waals surface area contributed by atoms with E-state index in [4.69, 9.17) is 21.2 Å². The van der Waals surface area contributed by atoms with Gasteiger partial charge in [0.2, 0.25) is 0 Å². The van der Waals surface area contributed by atoms with Crippen LogP contribution in [0.4, 0.5) is 8.78 Å². The van der Waals surface area contributed by atoms with E-state index in [-0.39, 0.29) is 5.56 Å². The van der Waals surface area contributed by atoms with Crippen LogP contribution < -0.4 is 4.74 Å². The molecule has 0 bridgehead atoms. The summed E-state index contributed by atoms with van der Waals surface area (Å²) < 4.78 is 33.5. The predicted molar refractivity (Wildman–Crippen MR) is 113 cm³/mol. The molecule has 0 fully saturated rings. The average Bonchev–Trinajstić information content (AvgIpc) is 3.21. The molecule has 2 aromatic carbocycles. The largest absolute Gasteiger partial charge is 0.457 e. The molecule has 1 unspecified atom stereocenters. The predicted octanol–water partition coefficient (Wildman–Crippen LogP) is 6.13. The van der Waals surface area contributed by atoms with E-state index in [1.54, 1.807) is 55.5 Å². The normalized spacial score (nSPS) is 11.9. The average molecular weight is 448 g/mol. The molecule has 0 aliphatic carbocycles. The SMILES string of the molecule is C=Cn1cc(C(=O)N(OC)C(C)c2ccc(Oc3ccc(Cl)cc3)cc2)c(C(F)F)n1. The zero-order valence-corrected chi connectivity index (χ0v) is 17.6. The van der Waals surface area contributed by atoms with Crippen molar-refractivity contribution in [1.82, 2.24) is 14.8 Å². The van der Waals surface area contributed by atoms with E-state index in [0.29, 0.717) is 22.1 Å². The molecule has 0 saturated heterocycles. The second-order valence-corrected chi connectivity index (χ2v) is 6.94. The van der Waals surface area contributed by atoms with Crippen LogP contribution in [0.2, 0.25) is 5.02 Å². The van der Waals surface area contributed by atoms with Gasteiger partial charge >= 0.3 is 0 Å². The lowest BCUT2D eigenvalue weighted by atomic mass is 10.1. The van der Waals surface area contributed by atoms with Crippen LogP contribution >= 0.6 is 11.6 Å². The van der Waals surface area contributed by atoms with Crippen molar-refractivity contribution in [2.24, 2.45) is 0 Å². The minimum absolute atomic E-state index is 0.258. The van der Waals surface area contributed by atoms with E-state index in [0.717, 1.165) is 9.75 Å². The molecule has 9 heteroatoms. The maximum atomic E-state index is 13.3. The van der Waals surface area contributed by atoms with E-state index < -0.39 is 24.1 Å². The summed E-state index contributed by atoms with van der Waals surface area (Å²) in [7, 11) is 1.30. The van der Waals surface area contributed by atoms with Gasteiger partial charge in [-0.05, 0) is 48.9 Å². The van der Waals surface area contributed by atoms with Crippen molar-refractivity contribution in [3.05, 3.63) is 83.2 Å². The number of carbonyl (C=O) groups is 1. The standard InChI is InChI=1S/C22H20ClF2N3O3/c1-4-27-13-19(20(26-27)21(24)25)22(29)28(30-3)14(2)15-5-9-17(10-6-15)31-18-11-7-16(23)8-12-18/h4-14,21H,1H2,2-3H3. The number of hydroxylamine groups is 2. The molecule has 6 nitrogen and oxygen atoms in total. The monoisotopic (exact) mass is 447 g/mol. The molecule has 3 rings (SSSR count). The number of halogens is 3. The third kappa shape index (κ3) is 5.10. The first-order chi connectivity index (χ1) is 14.8. The first-order valence-corrected chi connectivity index (χ1v) is 9.62. The van der Waals surface area contributed by atoms with E-state index in [1.807, 2.05) is 0 Å². The molecule has 1 amide bonds. The first kappa shape index (κ1) is 22.5. The Labute approximate surface area is 183 Å². The smallest absolute Gasteiger partial charge is 0.282 e. The van der Waals surface area contributed by atoms with Gasteiger partial charge in [0.05, 0.1) is 18.7 Å². The van der Waals surface area contributed by atoms with Gasteiger partial charge in [0.1, 0.15) is 17.2 Å². The molecular weight excluding hydrogens is 428 g/mol. The Morgan fingerprint density at radius 1 is 1.16 bits per heavy atom. The lowest BCUT2D eigenvalue weighted by Crippen LogP contribution is -2.33. The van der Waals surface area contributed by atoms with Crippen molar-refractivity contribution >= 4 is 23.7 Å². The molecule has 0 aliphatic rings. The molecule has 1 aromatic heterocycles. The number of carbonyl (C=O) groups excluding carboxylic acids is 1. The highest BCUT2D eigenvalue weighted by molar-refractivity contribution is 6.30. The maximum Gasteiger partial charge on any atom is 0.282 e. The minimum Gasteiger partial charge on any atom is -0.457 e. The zero-order valence-electron chi connectivity index (χ0n) is 16.8. The van der Waals surface area contributed by atoms with E-state index in [2.05, 4.69) is 11.7 Å². The molecule has 162 valence electrons. The molecule has 0 radical (unpaired) electrons. The van der Waals surface area contributed by atoms with Gasteiger partial charge in [0, 0.05) is 17.4 Å². The number of alkyl halides is 2. The van der Waals surface area contributed by atoms with E-state index >= 15 is 0 Å². The zero-order chi connectivity index (χ0) is 22.5. The molecule has 0 N–H and O–H groups in total. The summed E-state index contributed by atoms with van der Waals surface area (Å²) in [5.74, 6) is 0.471. The van der Waals surface area contributed by atoms with Crippen LogP contribution in [0.1, 0.15) is 41.0 Å². The summed E-state index contributed by atoms with van der Waals surface area (Å²) >= 11 is 5.87. The Hall–Kier alpha value is -3.23. The van der Waals surface area contributed by atoms with Gasteiger partial charge in [-0.3, -0.25) is 9.63 Å². The molecule has 0 saturated carbocycles. The fourth-order valence-electron chi connectivity index (χ4n) is 2.95. The number of benzene rings is 2. The van der Waals surface area contributed by atoms with Crippen molar-refractivity contribution in [2.45, 2.75) is 19.4 Å². The van der Waals surface area contributed by atoms with Crippen molar-refractivity contribution in [1.29, 1.82) is 0 Å². The highest BCUT2D eigenvalue weighted by Gasteiger charge is 2.30. The second kappa shape index (κ2) is 9.72. The van der Waals surface area contributed by atoms with Gasteiger partial charge in [-0.2, -0.15) is 5.10 Å². The van der Waals surface area contributed by atoms with Gasteiger partial charge in [-0.25, -0.2) is 18.5 Å². The highest BCUT2D eigenvalue weighted by atomic mass is 35.5. The van der Waals surface area contributed by atoms with Crippen molar-refractivity contribution in [3.8, 4) is 11.5 Å². The summed E-state index contributed by atoms with van der Waals surface area (Å²) in [6.45, 7) is 5.19. The van der Waals surface area contributed by atoms with Crippen LogP contribution in [0.15, 0.2) is 61.3 Å². The Bertz CT molecular complexity index is 1050. The second-order valence-electron chi connectivity index (χ2n) is 6.51. The van der Waals surface area contributed by atoms with Gasteiger partial charge < -0.3 is 4.74 Å². The van der Waals surface area contributed by atoms with Crippen LogP contribution in [0.5, 0.6) is 11.5 Å². The summed E-state index contributed by atoms with van der Waals surface area (Å²) in [6, 6.07) is 13.3. The number of hydrogen-bond acceptors (Lipinski definition) is 4. The summed E-state index contributed by atoms with van der Waals surface area (Å²) in [5.41, 5.74) is -0.175. The third-order valence-corrected chi connectivity index (χ3v) is 4.80. The lowest BCUT2D eigenvalue weighted by molar-refractivity contribution is -0.121. The molecule has 0 spiro atoms. The van der Waals surface area contributed by atoms with Crippen LogP contribution in [0.25, 0.3) is 6.20 Å². The number of ether oxygens (including phenoxy) is 1. The fraction of sp³-hybridized carbons (Fsp3) is 0.182. The third-order valence-electron chi connectivity index (χ3n) is 4.55. The molecule has 0 aliphatic heterocycles. The number of amides is 1. The Balaban J connectivity index is 1.79. The maximum absolute atomic E-state index is 13.3. The van der Waals surface area contributed by atoms with Gasteiger partial charge in [-0.15, -0.1) is 0 Å². The summed E-state index contributed by atoms with van der Waals surface area (Å²) in [6.07, 6.45) is -0.500. The summed E-state index contributed by atoms with van der Waals surface area (Å²) in [5, 5.41) is 5.30. The molecule has 1 atom stereocenters. The minimum atomic E-state index is -2.92. The van der Waals surface area contributed by atoms with Crippen molar-refractivity contribution in [3.63, 3.8) is 0 Å². The Morgan fingerprint density at radius 3 is 2.26 bits per heavy atom.